The smallest absolute Gasteiger partial charge is 0.329 e. The summed E-state index contributed by atoms with van der Waals surface area (Å²) in [5, 5.41) is 23.5. The molecule has 0 spiro atoms. The second kappa shape index (κ2) is 6.47. The van der Waals surface area contributed by atoms with Crippen molar-refractivity contribution in [3.63, 3.8) is 0 Å². The molecule has 1 atom stereocenters. The highest BCUT2D eigenvalue weighted by molar-refractivity contribution is 5.60. The largest absolute Gasteiger partial charge is 0.394 e. The molecule has 1 aromatic rings. The fourth-order valence-corrected chi connectivity index (χ4v) is 2.33. The SMILES string of the molecule is CCCNc1ncc([N+](=O)[O-])c(N2CCCC2CO)n1. The van der Waals surface area contributed by atoms with Crippen molar-refractivity contribution in [3.05, 3.63) is 16.3 Å². The normalized spacial score (nSPS) is 18.3. The average molecular weight is 281 g/mol. The Morgan fingerprint density at radius 1 is 1.65 bits per heavy atom. The lowest BCUT2D eigenvalue weighted by atomic mass is 10.2. The molecule has 0 saturated carbocycles. The lowest BCUT2D eigenvalue weighted by Gasteiger charge is -2.23. The van der Waals surface area contributed by atoms with Gasteiger partial charge in [0, 0.05) is 13.1 Å². The summed E-state index contributed by atoms with van der Waals surface area (Å²) in [6.07, 6.45) is 3.85. The lowest BCUT2D eigenvalue weighted by Crippen LogP contribution is -2.33. The van der Waals surface area contributed by atoms with Crippen molar-refractivity contribution in [1.29, 1.82) is 0 Å². The van der Waals surface area contributed by atoms with Gasteiger partial charge in [0.15, 0.2) is 0 Å². The molecular weight excluding hydrogens is 262 g/mol. The predicted octanol–water partition coefficient (Wildman–Crippen LogP) is 1.17. The number of aliphatic hydroxyl groups excluding tert-OH is 1. The summed E-state index contributed by atoms with van der Waals surface area (Å²) in [5.74, 6) is 0.677. The highest BCUT2D eigenvalue weighted by Crippen LogP contribution is 2.31. The van der Waals surface area contributed by atoms with Crippen molar-refractivity contribution in [2.75, 3.05) is 29.9 Å². The van der Waals surface area contributed by atoms with Crippen LogP contribution in [0.3, 0.4) is 0 Å². The van der Waals surface area contributed by atoms with E-state index in [9.17, 15) is 15.2 Å². The van der Waals surface area contributed by atoms with Crippen molar-refractivity contribution in [1.82, 2.24) is 9.97 Å². The fraction of sp³-hybridized carbons (Fsp3) is 0.667. The maximum Gasteiger partial charge on any atom is 0.329 e. The molecule has 1 aliphatic rings. The Bertz CT molecular complexity index is 482. The maximum atomic E-state index is 11.1. The van der Waals surface area contributed by atoms with E-state index in [1.54, 1.807) is 4.90 Å². The number of rotatable bonds is 6. The molecule has 1 unspecified atom stereocenters. The second-order valence-corrected chi connectivity index (χ2v) is 4.76. The van der Waals surface area contributed by atoms with Crippen molar-refractivity contribution in [2.24, 2.45) is 0 Å². The first-order chi connectivity index (χ1) is 9.67. The van der Waals surface area contributed by atoms with Crippen LogP contribution < -0.4 is 10.2 Å². The highest BCUT2D eigenvalue weighted by Gasteiger charge is 2.31. The van der Waals surface area contributed by atoms with E-state index >= 15 is 0 Å². The summed E-state index contributed by atoms with van der Waals surface area (Å²) in [6.45, 7) is 3.36. The fourth-order valence-electron chi connectivity index (χ4n) is 2.33. The number of nitrogens with zero attached hydrogens (tertiary/aromatic N) is 4. The Labute approximate surface area is 117 Å². The molecule has 1 aromatic heterocycles. The molecule has 2 heterocycles. The minimum absolute atomic E-state index is 0.0289. The Kier molecular flexibility index (Phi) is 4.67. The van der Waals surface area contributed by atoms with Crippen molar-refractivity contribution in [3.8, 4) is 0 Å². The lowest BCUT2D eigenvalue weighted by molar-refractivity contribution is -0.384. The predicted molar refractivity (Wildman–Crippen MR) is 74.9 cm³/mol. The summed E-state index contributed by atoms with van der Waals surface area (Å²) in [7, 11) is 0. The molecule has 0 aliphatic carbocycles. The summed E-state index contributed by atoms with van der Waals surface area (Å²) < 4.78 is 0. The molecule has 0 aromatic carbocycles. The van der Waals surface area contributed by atoms with Crippen LogP contribution in [0.4, 0.5) is 17.5 Å². The van der Waals surface area contributed by atoms with Crippen LogP contribution in [0.1, 0.15) is 26.2 Å². The van der Waals surface area contributed by atoms with Gasteiger partial charge in [-0.1, -0.05) is 6.92 Å². The molecule has 20 heavy (non-hydrogen) atoms. The molecule has 2 rings (SSSR count). The third-order valence-corrected chi connectivity index (χ3v) is 3.34. The monoisotopic (exact) mass is 281 g/mol. The first kappa shape index (κ1) is 14.4. The van der Waals surface area contributed by atoms with Gasteiger partial charge in [-0.3, -0.25) is 10.1 Å². The molecule has 1 aliphatic heterocycles. The van der Waals surface area contributed by atoms with Gasteiger partial charge in [-0.2, -0.15) is 4.98 Å². The van der Waals surface area contributed by atoms with Crippen LogP contribution in [-0.2, 0) is 0 Å². The molecule has 2 N–H and O–H groups in total. The summed E-state index contributed by atoms with van der Waals surface area (Å²) in [6, 6.07) is -0.109. The van der Waals surface area contributed by atoms with E-state index in [-0.39, 0.29) is 18.3 Å². The van der Waals surface area contributed by atoms with Crippen LogP contribution in [0.5, 0.6) is 0 Å². The second-order valence-electron chi connectivity index (χ2n) is 4.76. The number of hydrogen-bond acceptors (Lipinski definition) is 7. The van der Waals surface area contributed by atoms with E-state index in [0.29, 0.717) is 24.9 Å². The van der Waals surface area contributed by atoms with Gasteiger partial charge >= 0.3 is 5.69 Å². The van der Waals surface area contributed by atoms with Gasteiger partial charge in [0.2, 0.25) is 11.8 Å². The van der Waals surface area contributed by atoms with Crippen LogP contribution in [0, 0.1) is 10.1 Å². The van der Waals surface area contributed by atoms with Crippen molar-refractivity contribution >= 4 is 17.5 Å². The minimum Gasteiger partial charge on any atom is -0.394 e. The first-order valence-corrected chi connectivity index (χ1v) is 6.80. The molecule has 0 radical (unpaired) electrons. The molecule has 8 heteroatoms. The standard InChI is InChI=1S/C12H19N5O3/c1-2-5-13-12-14-7-10(17(19)20)11(15-12)16-6-3-4-9(16)8-18/h7,9,18H,2-6,8H2,1H3,(H,13,14,15). The van der Waals surface area contributed by atoms with Gasteiger partial charge < -0.3 is 15.3 Å². The van der Waals surface area contributed by atoms with E-state index in [4.69, 9.17) is 0 Å². The zero-order valence-corrected chi connectivity index (χ0v) is 11.4. The molecule has 0 bridgehead atoms. The number of nitro groups is 1. The van der Waals surface area contributed by atoms with E-state index in [0.717, 1.165) is 19.3 Å². The molecule has 0 amide bonds. The van der Waals surface area contributed by atoms with E-state index < -0.39 is 4.92 Å². The number of anilines is 2. The van der Waals surface area contributed by atoms with Crippen LogP contribution in [0.15, 0.2) is 6.20 Å². The Morgan fingerprint density at radius 3 is 3.10 bits per heavy atom. The Morgan fingerprint density at radius 2 is 2.45 bits per heavy atom. The topological polar surface area (TPSA) is 104 Å². The molecule has 1 saturated heterocycles. The molecule has 110 valence electrons. The minimum atomic E-state index is -0.480. The van der Waals surface area contributed by atoms with Crippen molar-refractivity contribution in [2.45, 2.75) is 32.2 Å². The van der Waals surface area contributed by atoms with Crippen molar-refractivity contribution < 1.29 is 10.0 Å². The Hall–Kier alpha value is -1.96. The van der Waals surface area contributed by atoms with Crippen LogP contribution in [0.25, 0.3) is 0 Å². The summed E-state index contributed by atoms with van der Waals surface area (Å²) in [5.41, 5.74) is -0.118. The maximum absolute atomic E-state index is 11.1. The van der Waals surface area contributed by atoms with E-state index in [1.807, 2.05) is 6.92 Å². The zero-order chi connectivity index (χ0) is 14.5. The highest BCUT2D eigenvalue weighted by atomic mass is 16.6. The van der Waals surface area contributed by atoms with Crippen LogP contribution in [0.2, 0.25) is 0 Å². The molecular formula is C12H19N5O3. The third-order valence-electron chi connectivity index (χ3n) is 3.34. The summed E-state index contributed by atoms with van der Waals surface area (Å²) >= 11 is 0. The Balaban J connectivity index is 2.33. The number of aliphatic hydroxyl groups is 1. The van der Waals surface area contributed by atoms with Crippen LogP contribution >= 0.6 is 0 Å². The van der Waals surface area contributed by atoms with Gasteiger partial charge in [0.1, 0.15) is 6.20 Å². The average Bonchev–Trinajstić information content (AvgIpc) is 2.92. The summed E-state index contributed by atoms with van der Waals surface area (Å²) in [4.78, 5) is 20.7. The van der Waals surface area contributed by atoms with Gasteiger partial charge in [0.05, 0.1) is 17.6 Å². The zero-order valence-electron chi connectivity index (χ0n) is 11.4. The van der Waals surface area contributed by atoms with Gasteiger partial charge in [-0.05, 0) is 19.3 Å². The van der Waals surface area contributed by atoms with Gasteiger partial charge in [0.25, 0.3) is 0 Å². The number of hydrogen-bond donors (Lipinski definition) is 2. The quantitative estimate of drug-likeness (QED) is 0.595. The van der Waals surface area contributed by atoms with Gasteiger partial charge in [-0.15, -0.1) is 0 Å². The van der Waals surface area contributed by atoms with E-state index in [1.165, 1.54) is 6.20 Å². The number of aromatic nitrogens is 2. The molecule has 1 fully saturated rings. The van der Waals surface area contributed by atoms with E-state index in [2.05, 4.69) is 15.3 Å². The number of nitrogens with one attached hydrogen (secondary N) is 1. The first-order valence-electron chi connectivity index (χ1n) is 6.80. The van der Waals surface area contributed by atoms with Crippen LogP contribution in [-0.4, -0.2) is 45.7 Å². The third kappa shape index (κ3) is 2.96. The van der Waals surface area contributed by atoms with Gasteiger partial charge in [-0.25, -0.2) is 4.98 Å². The molecule has 8 nitrogen and oxygen atoms in total.